The van der Waals surface area contributed by atoms with Crippen LogP contribution in [0.1, 0.15) is 44.2 Å². The molecular weight excluding hydrogens is 443 g/mol. The molecule has 1 amide bonds. The van der Waals surface area contributed by atoms with Crippen LogP contribution in [-0.4, -0.2) is 48.6 Å². The van der Waals surface area contributed by atoms with Crippen LogP contribution in [-0.2, 0) is 4.79 Å². The van der Waals surface area contributed by atoms with Gasteiger partial charge in [-0.25, -0.2) is 14.4 Å². The third-order valence-electron chi connectivity index (χ3n) is 6.34. The van der Waals surface area contributed by atoms with Crippen molar-refractivity contribution < 1.29 is 9.18 Å². The first kappa shape index (κ1) is 24.4. The van der Waals surface area contributed by atoms with E-state index in [0.717, 1.165) is 36.9 Å². The fourth-order valence-corrected chi connectivity index (χ4v) is 4.37. The van der Waals surface area contributed by atoms with Crippen molar-refractivity contribution in [3.8, 4) is 6.07 Å². The van der Waals surface area contributed by atoms with Gasteiger partial charge in [0.2, 0.25) is 5.91 Å². The van der Waals surface area contributed by atoms with Crippen LogP contribution in [0.2, 0.25) is 0 Å². The highest BCUT2D eigenvalue weighted by atomic mass is 19.1. The Morgan fingerprint density at radius 1 is 1.00 bits per heavy atom. The minimum atomic E-state index is -1.04. The zero-order valence-corrected chi connectivity index (χ0v) is 20.1. The molecule has 0 bridgehead atoms. The Bertz CT molecular complexity index is 1180. The van der Waals surface area contributed by atoms with Crippen molar-refractivity contribution >= 4 is 28.4 Å². The molecule has 0 radical (unpaired) electrons. The Balaban J connectivity index is 1.56. The zero-order chi connectivity index (χ0) is 24.6. The molecule has 1 aromatic heterocycles. The van der Waals surface area contributed by atoms with E-state index < -0.39 is 5.92 Å². The highest BCUT2D eigenvalue weighted by Crippen LogP contribution is 2.29. The van der Waals surface area contributed by atoms with E-state index in [1.165, 1.54) is 12.1 Å². The van der Waals surface area contributed by atoms with Crippen molar-refractivity contribution in [2.45, 2.75) is 38.5 Å². The van der Waals surface area contributed by atoms with Crippen molar-refractivity contribution in [3.05, 3.63) is 60.0 Å². The summed E-state index contributed by atoms with van der Waals surface area (Å²) in [5.74, 6) is -1.05. The first-order valence-electron chi connectivity index (χ1n) is 12.3. The molecule has 1 atom stereocenters. The molecule has 182 valence electrons. The van der Waals surface area contributed by atoms with Crippen LogP contribution in [0.25, 0.3) is 11.0 Å². The molecule has 0 saturated carbocycles. The van der Waals surface area contributed by atoms with Crippen molar-refractivity contribution in [2.24, 2.45) is 0 Å². The van der Waals surface area contributed by atoms with E-state index in [1.807, 2.05) is 24.3 Å². The van der Waals surface area contributed by atoms with Gasteiger partial charge in [0, 0.05) is 38.4 Å². The van der Waals surface area contributed by atoms with Crippen molar-refractivity contribution in [1.29, 1.82) is 5.26 Å². The number of nitrogens with zero attached hydrogens (tertiary/aromatic N) is 5. The fraction of sp³-hybridized carbons (Fsp3) is 0.407. The number of piperazine rings is 1. The molecule has 0 aliphatic carbocycles. The SMILES string of the molecule is CCCCCCNC(=O)[C@H](C#N)c1nc2ccccc2nc1N1CCN(c2ccc(F)cc2)CC1. The number of para-hydroxylation sites is 2. The summed E-state index contributed by atoms with van der Waals surface area (Å²) >= 11 is 0. The van der Waals surface area contributed by atoms with Crippen LogP contribution in [0.15, 0.2) is 48.5 Å². The van der Waals surface area contributed by atoms with Gasteiger partial charge in [-0.05, 0) is 42.8 Å². The number of nitriles is 1. The fourth-order valence-electron chi connectivity index (χ4n) is 4.37. The van der Waals surface area contributed by atoms with Gasteiger partial charge in [0.25, 0.3) is 0 Å². The lowest BCUT2D eigenvalue weighted by Gasteiger charge is -2.37. The summed E-state index contributed by atoms with van der Waals surface area (Å²) in [5.41, 5.74) is 2.75. The number of hydrogen-bond acceptors (Lipinski definition) is 6. The zero-order valence-electron chi connectivity index (χ0n) is 20.1. The molecule has 2 heterocycles. The summed E-state index contributed by atoms with van der Waals surface area (Å²) < 4.78 is 13.3. The molecule has 4 rings (SSSR count). The van der Waals surface area contributed by atoms with Gasteiger partial charge in [-0.3, -0.25) is 4.79 Å². The van der Waals surface area contributed by atoms with E-state index in [4.69, 9.17) is 9.97 Å². The van der Waals surface area contributed by atoms with E-state index in [2.05, 4.69) is 28.1 Å². The van der Waals surface area contributed by atoms with Crippen LogP contribution >= 0.6 is 0 Å². The van der Waals surface area contributed by atoms with Crippen LogP contribution in [0.5, 0.6) is 0 Å². The van der Waals surface area contributed by atoms with Gasteiger partial charge in [0.15, 0.2) is 11.7 Å². The van der Waals surface area contributed by atoms with Gasteiger partial charge in [-0.2, -0.15) is 5.26 Å². The number of rotatable bonds is 9. The third-order valence-corrected chi connectivity index (χ3v) is 6.34. The van der Waals surface area contributed by atoms with E-state index >= 15 is 0 Å². The number of anilines is 2. The van der Waals surface area contributed by atoms with E-state index in [0.29, 0.717) is 49.8 Å². The normalized spacial score (nSPS) is 14.5. The summed E-state index contributed by atoms with van der Waals surface area (Å²) in [4.78, 5) is 26.9. The lowest BCUT2D eigenvalue weighted by atomic mass is 10.0. The molecule has 2 aromatic carbocycles. The number of amides is 1. The van der Waals surface area contributed by atoms with E-state index in [9.17, 15) is 14.4 Å². The Kier molecular flexibility index (Phi) is 8.09. The van der Waals surface area contributed by atoms with Crippen LogP contribution in [0, 0.1) is 17.1 Å². The number of carbonyl (C=O) groups excluding carboxylic acids is 1. The lowest BCUT2D eigenvalue weighted by molar-refractivity contribution is -0.121. The number of unbranched alkanes of at least 4 members (excludes halogenated alkanes) is 3. The predicted octanol–water partition coefficient (Wildman–Crippen LogP) is 4.40. The number of aromatic nitrogens is 2. The molecule has 35 heavy (non-hydrogen) atoms. The second-order valence-corrected chi connectivity index (χ2v) is 8.79. The Labute approximate surface area is 205 Å². The van der Waals surface area contributed by atoms with Gasteiger partial charge in [0.1, 0.15) is 11.5 Å². The standard InChI is InChI=1S/C27H31FN6O/c1-2-3-4-7-14-30-27(35)22(19-29)25-26(32-24-9-6-5-8-23(24)31-25)34-17-15-33(16-18-34)21-12-10-20(28)11-13-21/h5-6,8-13,22H,2-4,7,14-18H2,1H3,(H,30,35)/t22-/m1/s1. The molecule has 1 aliphatic heterocycles. The van der Waals surface area contributed by atoms with Crippen LogP contribution < -0.4 is 15.1 Å². The maximum atomic E-state index is 13.3. The number of benzene rings is 2. The van der Waals surface area contributed by atoms with Crippen molar-refractivity contribution in [3.63, 3.8) is 0 Å². The first-order chi connectivity index (χ1) is 17.1. The number of carbonyl (C=O) groups is 1. The molecule has 8 heteroatoms. The van der Waals surface area contributed by atoms with Gasteiger partial charge < -0.3 is 15.1 Å². The maximum absolute atomic E-state index is 13.3. The highest BCUT2D eigenvalue weighted by Gasteiger charge is 2.30. The summed E-state index contributed by atoms with van der Waals surface area (Å²) in [6, 6.07) is 16.2. The number of halogens is 1. The summed E-state index contributed by atoms with van der Waals surface area (Å²) in [6.07, 6.45) is 4.19. The van der Waals surface area contributed by atoms with Gasteiger partial charge in [-0.1, -0.05) is 38.3 Å². The number of hydrogen-bond donors (Lipinski definition) is 1. The monoisotopic (exact) mass is 474 g/mol. The summed E-state index contributed by atoms with van der Waals surface area (Å²) in [6.45, 7) is 5.40. The third kappa shape index (κ3) is 5.86. The number of fused-ring (bicyclic) bond motifs is 1. The molecule has 3 aromatic rings. The number of nitrogens with one attached hydrogen (secondary N) is 1. The first-order valence-corrected chi connectivity index (χ1v) is 12.3. The molecule has 1 N–H and O–H groups in total. The molecule has 0 spiro atoms. The van der Waals surface area contributed by atoms with Crippen LogP contribution in [0.4, 0.5) is 15.9 Å². The molecular formula is C27H31FN6O. The molecule has 7 nitrogen and oxygen atoms in total. The van der Waals surface area contributed by atoms with Crippen molar-refractivity contribution in [1.82, 2.24) is 15.3 Å². The lowest BCUT2D eigenvalue weighted by Crippen LogP contribution is -2.47. The Morgan fingerprint density at radius 3 is 2.31 bits per heavy atom. The minimum absolute atomic E-state index is 0.255. The maximum Gasteiger partial charge on any atom is 0.243 e. The minimum Gasteiger partial charge on any atom is -0.368 e. The van der Waals surface area contributed by atoms with Gasteiger partial charge >= 0.3 is 0 Å². The topological polar surface area (TPSA) is 85.1 Å². The Morgan fingerprint density at radius 2 is 1.66 bits per heavy atom. The van der Waals surface area contributed by atoms with Gasteiger partial charge in [0.05, 0.1) is 17.1 Å². The average Bonchev–Trinajstić information content (AvgIpc) is 2.89. The Hall–Kier alpha value is -3.73. The predicted molar refractivity (Wildman–Crippen MR) is 136 cm³/mol. The molecule has 1 fully saturated rings. The van der Waals surface area contributed by atoms with Gasteiger partial charge in [-0.15, -0.1) is 0 Å². The average molecular weight is 475 g/mol. The molecule has 1 saturated heterocycles. The van der Waals surface area contributed by atoms with E-state index in [1.54, 1.807) is 12.1 Å². The second kappa shape index (κ2) is 11.6. The summed E-state index contributed by atoms with van der Waals surface area (Å²) in [7, 11) is 0. The highest BCUT2D eigenvalue weighted by molar-refractivity contribution is 5.88. The second-order valence-electron chi connectivity index (χ2n) is 8.79. The van der Waals surface area contributed by atoms with E-state index in [-0.39, 0.29) is 11.7 Å². The molecule has 0 unspecified atom stereocenters. The smallest absolute Gasteiger partial charge is 0.243 e. The molecule has 1 aliphatic rings. The largest absolute Gasteiger partial charge is 0.368 e. The van der Waals surface area contributed by atoms with Crippen molar-refractivity contribution in [2.75, 3.05) is 42.5 Å². The van der Waals surface area contributed by atoms with Crippen LogP contribution in [0.3, 0.4) is 0 Å². The quantitative estimate of drug-likeness (QED) is 0.463. The summed E-state index contributed by atoms with van der Waals surface area (Å²) in [5, 5.41) is 12.9.